The Labute approximate surface area is 146 Å². The highest BCUT2D eigenvalue weighted by molar-refractivity contribution is 5.96. The molecular formula is C19H22N4O2. The van der Waals surface area contributed by atoms with Gasteiger partial charge in [-0.1, -0.05) is 30.3 Å². The molecule has 2 aromatic heterocycles. The maximum Gasteiger partial charge on any atom is 0.271 e. The van der Waals surface area contributed by atoms with Crippen LogP contribution in [0.3, 0.4) is 0 Å². The minimum Gasteiger partial charge on any atom is -0.484 e. The van der Waals surface area contributed by atoms with Crippen LogP contribution in [0, 0.1) is 6.92 Å². The molecule has 25 heavy (non-hydrogen) atoms. The lowest BCUT2D eigenvalue weighted by atomic mass is 10.1. The quantitative estimate of drug-likeness (QED) is 0.750. The van der Waals surface area contributed by atoms with Gasteiger partial charge in [-0.15, -0.1) is 0 Å². The molecule has 130 valence electrons. The van der Waals surface area contributed by atoms with Crippen LogP contribution in [0.5, 0.6) is 5.75 Å². The van der Waals surface area contributed by atoms with E-state index in [-0.39, 0.29) is 12.0 Å². The summed E-state index contributed by atoms with van der Waals surface area (Å²) in [4.78, 5) is 15.4. The topological polar surface area (TPSA) is 71.9 Å². The summed E-state index contributed by atoms with van der Waals surface area (Å²) >= 11 is 0. The van der Waals surface area contributed by atoms with E-state index in [0.29, 0.717) is 11.4 Å². The van der Waals surface area contributed by atoms with Gasteiger partial charge in [0.2, 0.25) is 0 Å². The van der Waals surface area contributed by atoms with Gasteiger partial charge >= 0.3 is 0 Å². The van der Waals surface area contributed by atoms with Crippen LogP contribution in [0.2, 0.25) is 0 Å². The van der Waals surface area contributed by atoms with Crippen LogP contribution in [0.25, 0.3) is 11.4 Å². The maximum absolute atomic E-state index is 12.2. The third-order valence-corrected chi connectivity index (χ3v) is 4.09. The van der Waals surface area contributed by atoms with Crippen LogP contribution in [0.4, 0.5) is 0 Å². The zero-order valence-electron chi connectivity index (χ0n) is 14.8. The smallest absolute Gasteiger partial charge is 0.271 e. The molecule has 1 atom stereocenters. The molecule has 2 N–H and O–H groups in total. The Balaban J connectivity index is 1.97. The Kier molecular flexibility index (Phi) is 4.61. The molecule has 2 heterocycles. The number of nitrogens with zero attached hydrogens (tertiary/aromatic N) is 2. The Morgan fingerprint density at radius 2 is 2.00 bits per heavy atom. The summed E-state index contributed by atoms with van der Waals surface area (Å²) in [6.45, 7) is 3.89. The summed E-state index contributed by atoms with van der Waals surface area (Å²) in [5.41, 5.74) is 4.04. The van der Waals surface area contributed by atoms with Crippen LogP contribution in [-0.4, -0.2) is 27.7 Å². The third kappa shape index (κ3) is 3.42. The number of carbonyl (C=O) groups is 1. The van der Waals surface area contributed by atoms with Crippen molar-refractivity contribution in [1.29, 1.82) is 0 Å². The van der Waals surface area contributed by atoms with E-state index >= 15 is 0 Å². The third-order valence-electron chi connectivity index (χ3n) is 4.09. The van der Waals surface area contributed by atoms with E-state index in [1.165, 1.54) is 0 Å². The van der Waals surface area contributed by atoms with Crippen molar-refractivity contribution in [2.75, 3.05) is 7.05 Å². The van der Waals surface area contributed by atoms with Crippen molar-refractivity contribution in [3.05, 3.63) is 59.4 Å². The summed E-state index contributed by atoms with van der Waals surface area (Å²) in [6.07, 6.45) is -0.179. The summed E-state index contributed by atoms with van der Waals surface area (Å²) < 4.78 is 7.86. The first-order valence-corrected chi connectivity index (χ1v) is 8.17. The number of hydrogen-bond donors (Lipinski definition) is 2. The number of hydrogen-bond acceptors (Lipinski definition) is 3. The van der Waals surface area contributed by atoms with Crippen molar-refractivity contribution in [2.45, 2.75) is 20.0 Å². The second-order valence-corrected chi connectivity index (χ2v) is 5.97. The van der Waals surface area contributed by atoms with Crippen molar-refractivity contribution < 1.29 is 9.53 Å². The summed E-state index contributed by atoms with van der Waals surface area (Å²) in [5.74, 6) is 0.296. The van der Waals surface area contributed by atoms with E-state index in [1.807, 2.05) is 63.4 Å². The van der Waals surface area contributed by atoms with Crippen molar-refractivity contribution in [3.8, 4) is 17.1 Å². The van der Waals surface area contributed by atoms with Gasteiger partial charge in [-0.05, 0) is 25.5 Å². The number of aryl methyl sites for hydroxylation is 2. The summed E-state index contributed by atoms with van der Waals surface area (Å²) in [5, 5.41) is 7.00. The van der Waals surface area contributed by atoms with Crippen molar-refractivity contribution >= 4 is 5.91 Å². The normalized spacial score (nSPS) is 12.0. The average molecular weight is 338 g/mol. The first-order chi connectivity index (χ1) is 12.0. The molecule has 6 heteroatoms. The SMILES string of the molecule is CNC(=O)c1[nH]c(-c2cc(C)nn2C)cc1OC(C)c1ccccc1. The standard InChI is InChI=1S/C19H22N4O2/c1-12-10-16(23(4)22-12)15-11-17(18(21-15)19(24)20-3)25-13(2)14-8-6-5-7-9-14/h5-11,13,21H,1-4H3,(H,20,24). The number of H-pyrrole nitrogens is 1. The highest BCUT2D eigenvalue weighted by atomic mass is 16.5. The van der Waals surface area contributed by atoms with Crippen LogP contribution < -0.4 is 10.1 Å². The number of carbonyl (C=O) groups excluding carboxylic acids is 1. The molecule has 0 aliphatic rings. The second-order valence-electron chi connectivity index (χ2n) is 5.97. The van der Waals surface area contributed by atoms with E-state index in [9.17, 15) is 4.79 Å². The van der Waals surface area contributed by atoms with Crippen molar-refractivity contribution in [3.63, 3.8) is 0 Å². The number of aromatic amines is 1. The number of amides is 1. The Hall–Kier alpha value is -3.02. The number of aromatic nitrogens is 3. The van der Waals surface area contributed by atoms with Gasteiger partial charge in [0.25, 0.3) is 5.91 Å². The van der Waals surface area contributed by atoms with Crippen molar-refractivity contribution in [2.24, 2.45) is 7.05 Å². The van der Waals surface area contributed by atoms with Gasteiger partial charge in [0, 0.05) is 20.2 Å². The van der Waals surface area contributed by atoms with Gasteiger partial charge in [-0.25, -0.2) is 0 Å². The molecule has 3 aromatic rings. The molecule has 1 amide bonds. The number of rotatable bonds is 5. The molecule has 0 spiro atoms. The lowest BCUT2D eigenvalue weighted by Crippen LogP contribution is -2.19. The number of ether oxygens (including phenoxy) is 1. The molecule has 3 rings (SSSR count). The molecule has 1 unspecified atom stereocenters. The largest absolute Gasteiger partial charge is 0.484 e. The molecular weight excluding hydrogens is 316 g/mol. The zero-order chi connectivity index (χ0) is 18.0. The van der Waals surface area contributed by atoms with Gasteiger partial charge in [-0.2, -0.15) is 5.10 Å². The van der Waals surface area contributed by atoms with E-state index in [2.05, 4.69) is 15.4 Å². The van der Waals surface area contributed by atoms with Gasteiger partial charge in [0.15, 0.2) is 5.75 Å². The second kappa shape index (κ2) is 6.84. The highest BCUT2D eigenvalue weighted by Gasteiger charge is 2.20. The number of nitrogens with one attached hydrogen (secondary N) is 2. The predicted molar refractivity (Wildman–Crippen MR) is 96.6 cm³/mol. The Bertz CT molecular complexity index is 880. The predicted octanol–water partition coefficient (Wildman–Crippen LogP) is 3.22. The molecule has 1 aromatic carbocycles. The molecule has 0 saturated carbocycles. The van der Waals surface area contributed by atoms with Crippen LogP contribution in [0.15, 0.2) is 42.5 Å². The molecule has 0 saturated heterocycles. The van der Waals surface area contributed by atoms with E-state index < -0.39 is 0 Å². The molecule has 0 bridgehead atoms. The molecule has 0 fully saturated rings. The van der Waals surface area contributed by atoms with Gasteiger partial charge in [-0.3, -0.25) is 9.48 Å². The average Bonchev–Trinajstić information content (AvgIpc) is 3.17. The van der Waals surface area contributed by atoms with E-state index in [0.717, 1.165) is 22.6 Å². The fourth-order valence-electron chi connectivity index (χ4n) is 2.81. The Morgan fingerprint density at radius 1 is 1.28 bits per heavy atom. The van der Waals surface area contributed by atoms with Gasteiger partial charge in [0.05, 0.1) is 17.1 Å². The fourth-order valence-corrected chi connectivity index (χ4v) is 2.81. The monoisotopic (exact) mass is 338 g/mol. The fraction of sp³-hybridized carbons (Fsp3) is 0.263. The minimum absolute atomic E-state index is 0.179. The minimum atomic E-state index is -0.222. The summed E-state index contributed by atoms with van der Waals surface area (Å²) in [7, 11) is 3.47. The highest BCUT2D eigenvalue weighted by Crippen LogP contribution is 2.31. The molecule has 0 aliphatic carbocycles. The molecule has 0 aliphatic heterocycles. The van der Waals surface area contributed by atoms with Crippen LogP contribution >= 0.6 is 0 Å². The Morgan fingerprint density at radius 3 is 2.60 bits per heavy atom. The van der Waals surface area contributed by atoms with Crippen molar-refractivity contribution in [1.82, 2.24) is 20.1 Å². The maximum atomic E-state index is 12.2. The molecule has 0 radical (unpaired) electrons. The lowest BCUT2D eigenvalue weighted by Gasteiger charge is -2.14. The van der Waals surface area contributed by atoms with Gasteiger partial charge in [0.1, 0.15) is 11.8 Å². The van der Waals surface area contributed by atoms with Gasteiger partial charge < -0.3 is 15.0 Å². The summed E-state index contributed by atoms with van der Waals surface area (Å²) in [6, 6.07) is 13.7. The number of benzene rings is 1. The van der Waals surface area contributed by atoms with Crippen LogP contribution in [0.1, 0.15) is 34.8 Å². The zero-order valence-corrected chi connectivity index (χ0v) is 14.8. The van der Waals surface area contributed by atoms with E-state index in [4.69, 9.17) is 4.74 Å². The first-order valence-electron chi connectivity index (χ1n) is 8.17. The lowest BCUT2D eigenvalue weighted by molar-refractivity contribution is 0.0952. The van der Waals surface area contributed by atoms with E-state index in [1.54, 1.807) is 11.7 Å². The molecule has 6 nitrogen and oxygen atoms in total. The van der Waals surface area contributed by atoms with Crippen LogP contribution in [-0.2, 0) is 7.05 Å². The first kappa shape index (κ1) is 16.8.